The molecule has 0 spiro atoms. The van der Waals surface area contributed by atoms with Gasteiger partial charge in [0.2, 0.25) is 11.7 Å². The molecule has 0 aliphatic carbocycles. The van der Waals surface area contributed by atoms with Crippen molar-refractivity contribution in [1.29, 1.82) is 0 Å². The Morgan fingerprint density at radius 2 is 2.12 bits per heavy atom. The average molecular weight is 354 g/mol. The lowest BCUT2D eigenvalue weighted by Crippen LogP contribution is -2.46. The molecule has 10 heteroatoms. The number of nitrogens with two attached hydrogens (primary N) is 1. The van der Waals surface area contributed by atoms with Gasteiger partial charge in [-0.05, 0) is 20.8 Å². The molecule has 1 saturated heterocycles. The first-order chi connectivity index (χ1) is 11.6. The van der Waals surface area contributed by atoms with Crippen LogP contribution in [0.1, 0.15) is 27.0 Å². The van der Waals surface area contributed by atoms with Gasteiger partial charge in [-0.3, -0.25) is 14.3 Å². The maximum Gasteiger partial charge on any atom is 0.313 e. The Balaban J connectivity index is 1.95. The van der Waals surface area contributed by atoms with E-state index in [1.54, 1.807) is 17.9 Å². The maximum absolute atomic E-state index is 12.1. The minimum atomic E-state index is -1.20. The summed E-state index contributed by atoms with van der Waals surface area (Å²) in [7, 11) is 1.67. The van der Waals surface area contributed by atoms with Gasteiger partial charge in [0.15, 0.2) is 6.33 Å². The molecular formula is C15H24N5O5+. The summed E-state index contributed by atoms with van der Waals surface area (Å²) in [6, 6.07) is 0. The van der Waals surface area contributed by atoms with Gasteiger partial charge in [0, 0.05) is 0 Å². The quantitative estimate of drug-likeness (QED) is 0.495. The number of nitrogens with one attached hydrogen (secondary N) is 1. The highest BCUT2D eigenvalue weighted by atomic mass is 16.6. The topological polar surface area (TPSA) is 140 Å². The Morgan fingerprint density at radius 3 is 2.76 bits per heavy atom. The van der Waals surface area contributed by atoms with E-state index in [9.17, 15) is 15.0 Å². The van der Waals surface area contributed by atoms with E-state index < -0.39 is 35.7 Å². The van der Waals surface area contributed by atoms with Crippen LogP contribution in [-0.4, -0.2) is 55.3 Å². The van der Waals surface area contributed by atoms with Crippen LogP contribution >= 0.6 is 0 Å². The Hall–Kier alpha value is -2.01. The summed E-state index contributed by atoms with van der Waals surface area (Å²) in [5.74, 6) is -0.0434. The van der Waals surface area contributed by atoms with Crippen LogP contribution in [0.15, 0.2) is 11.1 Å². The van der Waals surface area contributed by atoms with E-state index in [4.69, 9.17) is 15.2 Å². The third-order valence-electron chi connectivity index (χ3n) is 4.08. The van der Waals surface area contributed by atoms with Gasteiger partial charge in [-0.15, -0.1) is 0 Å². The van der Waals surface area contributed by atoms with E-state index in [1.165, 1.54) is 4.57 Å². The SMILES string of the molecule is Cn1c[n+](C2OC(COC(C)(C)C)C(O)C2O)c2nc(N)[nH]c(=O)c21. The van der Waals surface area contributed by atoms with Crippen molar-refractivity contribution in [2.75, 3.05) is 12.3 Å². The lowest BCUT2D eigenvalue weighted by atomic mass is 10.1. The molecule has 4 unspecified atom stereocenters. The van der Waals surface area contributed by atoms with Gasteiger partial charge in [-0.2, -0.15) is 0 Å². The smallest absolute Gasteiger partial charge is 0.313 e. The van der Waals surface area contributed by atoms with Crippen molar-refractivity contribution in [3.05, 3.63) is 16.7 Å². The second kappa shape index (κ2) is 6.06. The highest BCUT2D eigenvalue weighted by molar-refractivity contribution is 5.67. The summed E-state index contributed by atoms with van der Waals surface area (Å²) in [5.41, 5.74) is 5.37. The van der Waals surface area contributed by atoms with Crippen LogP contribution in [0.25, 0.3) is 11.2 Å². The molecule has 0 bridgehead atoms. The number of nitrogens with zero attached hydrogens (tertiary/aromatic N) is 3. The zero-order chi connectivity index (χ0) is 18.5. The molecule has 2 aromatic heterocycles. The van der Waals surface area contributed by atoms with Gasteiger partial charge >= 0.3 is 5.65 Å². The number of fused-ring (bicyclic) bond motifs is 1. The van der Waals surface area contributed by atoms with E-state index in [1.807, 2.05) is 20.8 Å². The molecule has 25 heavy (non-hydrogen) atoms. The van der Waals surface area contributed by atoms with E-state index in [0.717, 1.165) is 0 Å². The van der Waals surface area contributed by atoms with Crippen molar-refractivity contribution in [2.45, 2.75) is 50.9 Å². The van der Waals surface area contributed by atoms with Gasteiger partial charge < -0.3 is 25.4 Å². The first-order valence-corrected chi connectivity index (χ1v) is 8.00. The zero-order valence-corrected chi connectivity index (χ0v) is 14.6. The fourth-order valence-electron chi connectivity index (χ4n) is 2.88. The van der Waals surface area contributed by atoms with Gasteiger partial charge in [0.1, 0.15) is 18.3 Å². The van der Waals surface area contributed by atoms with E-state index in [0.29, 0.717) is 0 Å². The number of nitrogen functional groups attached to an aromatic ring is 1. The first-order valence-electron chi connectivity index (χ1n) is 8.00. The minimum absolute atomic E-state index is 0.0434. The molecule has 0 radical (unpaired) electrons. The predicted octanol–water partition coefficient (Wildman–Crippen LogP) is -1.43. The molecule has 3 heterocycles. The minimum Gasteiger partial charge on any atom is -0.387 e. The number of aliphatic hydroxyl groups is 2. The molecule has 5 N–H and O–H groups in total. The number of ether oxygens (including phenoxy) is 2. The normalized spacial score (nSPS) is 27.3. The molecule has 1 aliphatic rings. The molecule has 1 fully saturated rings. The summed E-state index contributed by atoms with van der Waals surface area (Å²) in [5, 5.41) is 20.7. The van der Waals surface area contributed by atoms with E-state index in [-0.39, 0.29) is 23.7 Å². The third kappa shape index (κ3) is 3.25. The lowest BCUT2D eigenvalue weighted by Gasteiger charge is -2.23. The summed E-state index contributed by atoms with van der Waals surface area (Å²) in [6.07, 6.45) is -2.39. The summed E-state index contributed by atoms with van der Waals surface area (Å²) in [6.45, 7) is 5.79. The number of aryl methyl sites for hydroxylation is 1. The number of imidazole rings is 1. The van der Waals surface area contributed by atoms with Crippen molar-refractivity contribution in [3.63, 3.8) is 0 Å². The van der Waals surface area contributed by atoms with Gasteiger partial charge in [0.25, 0.3) is 11.5 Å². The van der Waals surface area contributed by atoms with E-state index in [2.05, 4.69) is 9.97 Å². The van der Waals surface area contributed by atoms with Crippen LogP contribution < -0.4 is 15.9 Å². The Bertz CT molecular complexity index is 839. The fraction of sp³-hybridized carbons (Fsp3) is 0.667. The average Bonchev–Trinajstić information content (AvgIpc) is 2.95. The molecule has 0 aromatic carbocycles. The Kier molecular flexibility index (Phi) is 4.31. The van der Waals surface area contributed by atoms with E-state index >= 15 is 0 Å². The number of hydrogen-bond acceptors (Lipinski definition) is 7. The molecule has 1 aliphatic heterocycles. The van der Waals surface area contributed by atoms with Crippen molar-refractivity contribution in [2.24, 2.45) is 7.05 Å². The largest absolute Gasteiger partial charge is 0.387 e. The number of anilines is 1. The van der Waals surface area contributed by atoms with Crippen molar-refractivity contribution in [3.8, 4) is 0 Å². The van der Waals surface area contributed by atoms with Crippen LogP contribution in [0, 0.1) is 0 Å². The third-order valence-corrected chi connectivity index (χ3v) is 4.08. The number of aliphatic hydroxyl groups excluding tert-OH is 2. The Labute approximate surface area is 143 Å². The highest BCUT2D eigenvalue weighted by Gasteiger charge is 2.47. The molecule has 3 rings (SSSR count). The lowest BCUT2D eigenvalue weighted by molar-refractivity contribution is -0.745. The maximum atomic E-state index is 12.1. The Morgan fingerprint density at radius 1 is 1.44 bits per heavy atom. The first kappa shape index (κ1) is 17.8. The molecule has 2 aromatic rings. The molecule has 138 valence electrons. The standard InChI is InChI=1S/C15H23N5O5/c1-15(2,3)24-5-7-9(21)10(22)13(25-7)20-6-19(4)8-11(20)17-14(16)18-12(8)23/h6-7,9-10,13,21-22H,5H2,1-4H3,(H2-,16,17,18,23)/p+1. The summed E-state index contributed by atoms with van der Waals surface area (Å²) in [4.78, 5) is 18.6. The van der Waals surface area contributed by atoms with Crippen LogP contribution in [0.2, 0.25) is 0 Å². The number of aromatic nitrogens is 4. The summed E-state index contributed by atoms with van der Waals surface area (Å²) < 4.78 is 14.5. The second-order valence-electron chi connectivity index (χ2n) is 7.23. The molecule has 10 nitrogen and oxygen atoms in total. The fourth-order valence-corrected chi connectivity index (χ4v) is 2.88. The summed E-state index contributed by atoms with van der Waals surface area (Å²) >= 11 is 0. The van der Waals surface area contributed by atoms with Gasteiger partial charge in [-0.25, -0.2) is 4.57 Å². The van der Waals surface area contributed by atoms with Crippen molar-refractivity contribution in [1.82, 2.24) is 14.5 Å². The molecule has 0 amide bonds. The van der Waals surface area contributed by atoms with Crippen LogP contribution in [0.5, 0.6) is 0 Å². The molecule has 0 saturated carbocycles. The number of aromatic amines is 1. The van der Waals surface area contributed by atoms with Gasteiger partial charge in [0.05, 0.1) is 19.3 Å². The number of H-pyrrole nitrogens is 1. The molecular weight excluding hydrogens is 330 g/mol. The van der Waals surface area contributed by atoms with Gasteiger partial charge in [-0.1, -0.05) is 4.98 Å². The van der Waals surface area contributed by atoms with Crippen molar-refractivity contribution >= 4 is 17.1 Å². The molecule has 4 atom stereocenters. The van der Waals surface area contributed by atoms with Crippen LogP contribution in [-0.2, 0) is 16.5 Å². The van der Waals surface area contributed by atoms with Crippen LogP contribution in [0.4, 0.5) is 5.95 Å². The monoisotopic (exact) mass is 354 g/mol. The second-order valence-corrected chi connectivity index (χ2v) is 7.23. The number of rotatable bonds is 3. The number of hydrogen-bond donors (Lipinski definition) is 4. The predicted molar refractivity (Wildman–Crippen MR) is 87.6 cm³/mol. The zero-order valence-electron chi connectivity index (χ0n) is 14.6. The van der Waals surface area contributed by atoms with Crippen molar-refractivity contribution < 1.29 is 24.3 Å². The van der Waals surface area contributed by atoms with Crippen LogP contribution in [0.3, 0.4) is 0 Å². The highest BCUT2D eigenvalue weighted by Crippen LogP contribution is 2.27.